The van der Waals surface area contributed by atoms with E-state index in [1.807, 2.05) is 97.9 Å². The van der Waals surface area contributed by atoms with Gasteiger partial charge in [-0.3, -0.25) is 4.79 Å². The zero-order valence-electron chi connectivity index (χ0n) is 22.5. The number of ether oxygens (including phenoxy) is 3. The second-order valence-electron chi connectivity index (χ2n) is 9.39. The summed E-state index contributed by atoms with van der Waals surface area (Å²) in [5.74, 6) is 1.75. The van der Waals surface area contributed by atoms with Gasteiger partial charge in [-0.05, 0) is 54.8 Å². The normalized spacial score (nSPS) is 18.4. The number of rotatable bonds is 13. The summed E-state index contributed by atoms with van der Waals surface area (Å²) in [6.07, 6.45) is 5.10. The van der Waals surface area contributed by atoms with Gasteiger partial charge in [-0.15, -0.1) is 0 Å². The second kappa shape index (κ2) is 13.6. The van der Waals surface area contributed by atoms with Crippen LogP contribution in [0.3, 0.4) is 0 Å². The van der Waals surface area contributed by atoms with Crippen molar-refractivity contribution in [3.63, 3.8) is 0 Å². The summed E-state index contributed by atoms with van der Waals surface area (Å²) in [4.78, 5) is 18.6. The summed E-state index contributed by atoms with van der Waals surface area (Å²) >= 11 is 0. The summed E-state index contributed by atoms with van der Waals surface area (Å²) < 4.78 is 17.3. The van der Waals surface area contributed by atoms with Gasteiger partial charge in [-0.25, -0.2) is 4.99 Å². The largest absolute Gasteiger partial charge is 0.496 e. The number of amides is 1. The number of carbonyl (C=O) groups is 1. The van der Waals surface area contributed by atoms with Crippen molar-refractivity contribution in [2.24, 2.45) is 4.99 Å². The number of methoxy groups -OCH3 is 1. The predicted octanol–water partition coefficient (Wildman–Crippen LogP) is 4.82. The molecule has 7 nitrogen and oxygen atoms in total. The summed E-state index contributed by atoms with van der Waals surface area (Å²) in [6, 6.07) is 25.2. The smallest absolute Gasteiger partial charge is 0.252 e. The molecule has 0 spiro atoms. The number of benzene rings is 3. The minimum absolute atomic E-state index is 0.0857. The number of nitrogens with one attached hydrogen (secondary N) is 1. The average molecular weight is 529 g/mol. The van der Waals surface area contributed by atoms with Gasteiger partial charge >= 0.3 is 0 Å². The highest BCUT2D eigenvalue weighted by atomic mass is 16.5. The van der Waals surface area contributed by atoms with Crippen LogP contribution >= 0.6 is 0 Å². The third-order valence-electron chi connectivity index (χ3n) is 6.74. The Morgan fingerprint density at radius 2 is 1.82 bits per heavy atom. The van der Waals surface area contributed by atoms with Crippen LogP contribution in [0.1, 0.15) is 36.5 Å². The fourth-order valence-corrected chi connectivity index (χ4v) is 4.50. The van der Waals surface area contributed by atoms with Crippen LogP contribution < -0.4 is 14.8 Å². The van der Waals surface area contributed by atoms with E-state index >= 15 is 0 Å². The minimum atomic E-state index is -1.11. The molecular formula is C32H36N2O5. The maximum atomic E-state index is 13.7. The van der Waals surface area contributed by atoms with Gasteiger partial charge in [0, 0.05) is 31.6 Å². The fourth-order valence-electron chi connectivity index (χ4n) is 4.50. The molecule has 0 fully saturated rings. The minimum Gasteiger partial charge on any atom is -0.496 e. The van der Waals surface area contributed by atoms with E-state index in [1.54, 1.807) is 7.11 Å². The molecule has 0 aliphatic carbocycles. The summed E-state index contributed by atoms with van der Waals surface area (Å²) in [5.41, 5.74) is 1.74. The van der Waals surface area contributed by atoms with Gasteiger partial charge in [0.2, 0.25) is 5.90 Å². The first-order valence-corrected chi connectivity index (χ1v) is 13.3. The van der Waals surface area contributed by atoms with Gasteiger partial charge in [-0.1, -0.05) is 60.7 Å². The van der Waals surface area contributed by atoms with E-state index in [9.17, 15) is 4.79 Å². The number of para-hydroxylation sites is 1. The van der Waals surface area contributed by atoms with E-state index < -0.39 is 11.6 Å². The molecule has 3 aromatic rings. The molecule has 204 valence electrons. The van der Waals surface area contributed by atoms with Crippen molar-refractivity contribution in [1.82, 2.24) is 5.32 Å². The third kappa shape index (κ3) is 7.06. The van der Waals surface area contributed by atoms with Gasteiger partial charge in [0.1, 0.15) is 17.6 Å². The Bertz CT molecular complexity index is 1270. The van der Waals surface area contributed by atoms with Gasteiger partial charge in [0.25, 0.3) is 5.91 Å². The second-order valence-corrected chi connectivity index (χ2v) is 9.39. The molecule has 39 heavy (non-hydrogen) atoms. The zero-order chi connectivity index (χ0) is 27.5. The van der Waals surface area contributed by atoms with Crippen LogP contribution in [0.5, 0.6) is 11.5 Å². The number of aliphatic hydroxyl groups is 1. The molecule has 0 saturated carbocycles. The average Bonchev–Trinajstić information content (AvgIpc) is 3.31. The van der Waals surface area contributed by atoms with Gasteiger partial charge < -0.3 is 24.6 Å². The quantitative estimate of drug-likeness (QED) is 0.311. The van der Waals surface area contributed by atoms with E-state index in [0.717, 1.165) is 22.4 Å². The number of nitrogens with zero attached hydrogens (tertiary/aromatic N) is 1. The molecule has 1 aliphatic heterocycles. The Hall–Kier alpha value is -4.10. The van der Waals surface area contributed by atoms with E-state index in [2.05, 4.69) is 5.32 Å². The van der Waals surface area contributed by atoms with E-state index in [0.29, 0.717) is 44.1 Å². The molecule has 0 radical (unpaired) electrons. The molecule has 0 aromatic heterocycles. The van der Waals surface area contributed by atoms with Crippen molar-refractivity contribution in [2.75, 3.05) is 26.9 Å². The van der Waals surface area contributed by atoms with Crippen molar-refractivity contribution >= 4 is 17.9 Å². The molecule has 0 unspecified atom stereocenters. The van der Waals surface area contributed by atoms with E-state index in [-0.39, 0.29) is 12.5 Å². The zero-order valence-corrected chi connectivity index (χ0v) is 22.5. The summed E-state index contributed by atoms with van der Waals surface area (Å²) in [6.45, 7) is 2.86. The lowest BCUT2D eigenvalue weighted by Crippen LogP contribution is -2.51. The fraction of sp³-hybridized carbons (Fsp3) is 0.312. The lowest BCUT2D eigenvalue weighted by Gasteiger charge is -2.27. The first kappa shape index (κ1) is 27.9. The molecule has 3 aromatic carbocycles. The maximum Gasteiger partial charge on any atom is 0.252 e. The molecule has 7 heteroatoms. The Kier molecular flexibility index (Phi) is 9.75. The highest BCUT2D eigenvalue weighted by molar-refractivity contribution is 6.00. The first-order valence-electron chi connectivity index (χ1n) is 13.3. The first-order chi connectivity index (χ1) is 19.1. The number of aliphatic hydroxyl groups excluding tert-OH is 1. The van der Waals surface area contributed by atoms with Crippen LogP contribution in [0.2, 0.25) is 0 Å². The Morgan fingerprint density at radius 3 is 2.56 bits per heavy atom. The molecule has 1 heterocycles. The van der Waals surface area contributed by atoms with Crippen LogP contribution in [0.25, 0.3) is 6.08 Å². The molecular weight excluding hydrogens is 492 g/mol. The SMILES string of the molecule is COc1ccccc1CCNC(=O)[C@]1(C/C=C/c2ccccc2)N=C(c2ccc(OCCCO)cc2)O[C@@H]1C. The molecule has 2 atom stereocenters. The van der Waals surface area contributed by atoms with Crippen molar-refractivity contribution in [3.8, 4) is 11.5 Å². The summed E-state index contributed by atoms with van der Waals surface area (Å²) in [7, 11) is 1.65. The van der Waals surface area contributed by atoms with Gasteiger partial charge in [0.05, 0.1) is 13.7 Å². The highest BCUT2D eigenvalue weighted by Gasteiger charge is 2.49. The van der Waals surface area contributed by atoms with Crippen LogP contribution in [0, 0.1) is 0 Å². The molecule has 4 rings (SSSR count). The number of carbonyl (C=O) groups excluding carboxylic acids is 1. The Balaban J connectivity index is 1.53. The third-order valence-corrected chi connectivity index (χ3v) is 6.74. The highest BCUT2D eigenvalue weighted by Crippen LogP contribution is 2.33. The number of hydrogen-bond donors (Lipinski definition) is 2. The molecule has 2 N–H and O–H groups in total. The lowest BCUT2D eigenvalue weighted by atomic mass is 9.88. The van der Waals surface area contributed by atoms with Crippen molar-refractivity contribution in [1.29, 1.82) is 0 Å². The lowest BCUT2D eigenvalue weighted by molar-refractivity contribution is -0.128. The summed E-state index contributed by atoms with van der Waals surface area (Å²) in [5, 5.41) is 12.1. The van der Waals surface area contributed by atoms with Crippen LogP contribution in [0.4, 0.5) is 0 Å². The van der Waals surface area contributed by atoms with Crippen molar-refractivity contribution in [2.45, 2.75) is 37.8 Å². The van der Waals surface area contributed by atoms with Crippen LogP contribution in [-0.2, 0) is 16.0 Å². The van der Waals surface area contributed by atoms with Crippen LogP contribution in [-0.4, -0.2) is 55.4 Å². The van der Waals surface area contributed by atoms with Gasteiger partial charge in [0.15, 0.2) is 5.54 Å². The molecule has 0 saturated heterocycles. The molecule has 1 amide bonds. The van der Waals surface area contributed by atoms with E-state index in [1.165, 1.54) is 0 Å². The number of aliphatic imine (C=N–C) groups is 1. The molecule has 1 aliphatic rings. The topological polar surface area (TPSA) is 89.4 Å². The Labute approximate surface area is 230 Å². The van der Waals surface area contributed by atoms with Crippen molar-refractivity contribution < 1.29 is 24.1 Å². The number of hydrogen-bond acceptors (Lipinski definition) is 6. The Morgan fingerprint density at radius 1 is 1.08 bits per heavy atom. The maximum absolute atomic E-state index is 13.7. The van der Waals surface area contributed by atoms with Crippen molar-refractivity contribution in [3.05, 3.63) is 102 Å². The van der Waals surface area contributed by atoms with E-state index in [4.69, 9.17) is 24.3 Å². The van der Waals surface area contributed by atoms with Crippen LogP contribution in [0.15, 0.2) is 89.9 Å². The standard InChI is InChI=1S/C32H36N2O5/c1-24-32(20-8-12-25-10-4-3-5-11-25,31(36)33-21-19-26-13-6-7-14-29(26)37-2)34-30(39-24)27-15-17-28(18-16-27)38-23-9-22-35/h3-8,10-18,24,35H,9,19-23H2,1-2H3,(H,33,36)/b12-8+/t24-,32-/m1/s1. The molecule has 0 bridgehead atoms. The van der Waals surface area contributed by atoms with Gasteiger partial charge in [-0.2, -0.15) is 0 Å². The monoisotopic (exact) mass is 528 g/mol. The predicted molar refractivity (Wildman–Crippen MR) is 153 cm³/mol.